The van der Waals surface area contributed by atoms with Crippen molar-refractivity contribution in [1.82, 2.24) is 19.4 Å². The molecular weight excluding hydrogens is 362 g/mol. The number of pyridine rings is 1. The van der Waals surface area contributed by atoms with Crippen molar-refractivity contribution >= 4 is 5.91 Å². The number of carbonyl (C=O) groups excluding carboxylic acids is 1. The smallest absolute Gasteiger partial charge is 0.253 e. The Balaban J connectivity index is 1.51. The number of piperidine rings is 1. The lowest BCUT2D eigenvalue weighted by molar-refractivity contribution is 0.0703. The maximum absolute atomic E-state index is 13.5. The van der Waals surface area contributed by atoms with Gasteiger partial charge in [0.25, 0.3) is 5.91 Å². The molecule has 1 aliphatic rings. The van der Waals surface area contributed by atoms with Gasteiger partial charge in [-0.1, -0.05) is 6.07 Å². The van der Waals surface area contributed by atoms with E-state index in [0.29, 0.717) is 19.6 Å². The fourth-order valence-corrected chi connectivity index (χ4v) is 3.69. The summed E-state index contributed by atoms with van der Waals surface area (Å²) in [6, 6.07) is 7.19. The number of likely N-dealkylation sites (tertiary alicyclic amines) is 1. The van der Waals surface area contributed by atoms with E-state index in [0.717, 1.165) is 36.4 Å². The minimum Gasteiger partial charge on any atom is -0.338 e. The van der Waals surface area contributed by atoms with E-state index in [1.165, 1.54) is 6.07 Å². The van der Waals surface area contributed by atoms with Crippen LogP contribution in [0.5, 0.6) is 0 Å². The van der Waals surface area contributed by atoms with Crippen molar-refractivity contribution in [1.29, 1.82) is 0 Å². The number of hydrogen-bond acceptors (Lipinski definition) is 3. The molecule has 4 rings (SSSR count). The molecule has 3 heterocycles. The predicted molar refractivity (Wildman–Crippen MR) is 99.8 cm³/mol. The van der Waals surface area contributed by atoms with Crippen molar-refractivity contribution in [3.05, 3.63) is 83.7 Å². The van der Waals surface area contributed by atoms with Gasteiger partial charge in [0.2, 0.25) is 0 Å². The number of rotatable bonds is 4. The van der Waals surface area contributed by atoms with Crippen LogP contribution in [0.25, 0.3) is 0 Å². The summed E-state index contributed by atoms with van der Waals surface area (Å²) < 4.78 is 28.7. The van der Waals surface area contributed by atoms with Gasteiger partial charge in [0.1, 0.15) is 5.82 Å². The molecule has 0 bridgehead atoms. The van der Waals surface area contributed by atoms with Crippen LogP contribution in [-0.4, -0.2) is 38.4 Å². The molecule has 3 aromatic rings. The van der Waals surface area contributed by atoms with Crippen LogP contribution < -0.4 is 0 Å². The van der Waals surface area contributed by atoms with Gasteiger partial charge < -0.3 is 9.47 Å². The van der Waals surface area contributed by atoms with Crippen molar-refractivity contribution < 1.29 is 13.6 Å². The summed E-state index contributed by atoms with van der Waals surface area (Å²) in [6.07, 6.45) is 9.01. The van der Waals surface area contributed by atoms with E-state index in [1.807, 2.05) is 24.5 Å². The van der Waals surface area contributed by atoms with Gasteiger partial charge in [0.05, 0.1) is 6.54 Å². The second-order valence-electron chi connectivity index (χ2n) is 6.99. The molecule has 1 fully saturated rings. The summed E-state index contributed by atoms with van der Waals surface area (Å²) in [4.78, 5) is 23.1. The van der Waals surface area contributed by atoms with Gasteiger partial charge in [0.15, 0.2) is 11.6 Å². The Morgan fingerprint density at radius 3 is 2.86 bits per heavy atom. The summed E-state index contributed by atoms with van der Waals surface area (Å²) in [5, 5.41) is 0. The fourth-order valence-electron chi connectivity index (χ4n) is 3.69. The van der Waals surface area contributed by atoms with Crippen molar-refractivity contribution in [3.63, 3.8) is 0 Å². The van der Waals surface area contributed by atoms with Gasteiger partial charge >= 0.3 is 0 Å². The minimum absolute atomic E-state index is 0.0923. The van der Waals surface area contributed by atoms with Crippen molar-refractivity contribution in [3.8, 4) is 0 Å². The van der Waals surface area contributed by atoms with Crippen LogP contribution in [0, 0.1) is 11.6 Å². The Hall–Kier alpha value is -3.09. The van der Waals surface area contributed by atoms with E-state index in [-0.39, 0.29) is 17.4 Å². The van der Waals surface area contributed by atoms with Crippen LogP contribution in [0.15, 0.2) is 55.1 Å². The summed E-state index contributed by atoms with van der Waals surface area (Å²) in [5.74, 6) is -1.23. The summed E-state index contributed by atoms with van der Waals surface area (Å²) in [7, 11) is 0. The normalized spacial score (nSPS) is 16.9. The summed E-state index contributed by atoms with van der Waals surface area (Å²) in [5.41, 5.74) is 1.24. The number of hydrogen-bond donors (Lipinski definition) is 0. The highest BCUT2D eigenvalue weighted by Gasteiger charge is 2.28. The second-order valence-corrected chi connectivity index (χ2v) is 6.99. The molecule has 0 aliphatic carbocycles. The Labute approximate surface area is 161 Å². The molecule has 1 atom stereocenters. The van der Waals surface area contributed by atoms with E-state index in [4.69, 9.17) is 0 Å². The molecule has 2 aromatic heterocycles. The van der Waals surface area contributed by atoms with E-state index in [9.17, 15) is 13.6 Å². The quantitative estimate of drug-likeness (QED) is 0.693. The van der Waals surface area contributed by atoms with Crippen LogP contribution in [-0.2, 0) is 6.54 Å². The van der Waals surface area contributed by atoms with Crippen molar-refractivity contribution in [2.75, 3.05) is 13.1 Å². The average Bonchev–Trinajstić information content (AvgIpc) is 3.18. The van der Waals surface area contributed by atoms with E-state index >= 15 is 0 Å². The highest BCUT2D eigenvalue weighted by atomic mass is 19.2. The average molecular weight is 382 g/mol. The third-order valence-corrected chi connectivity index (χ3v) is 5.06. The van der Waals surface area contributed by atoms with E-state index in [2.05, 4.69) is 14.5 Å². The minimum atomic E-state index is -1.01. The van der Waals surface area contributed by atoms with Crippen molar-refractivity contribution in [2.45, 2.75) is 25.3 Å². The molecule has 1 saturated heterocycles. The third-order valence-electron chi connectivity index (χ3n) is 5.06. The zero-order valence-corrected chi connectivity index (χ0v) is 15.3. The van der Waals surface area contributed by atoms with Gasteiger partial charge in [-0.3, -0.25) is 9.78 Å². The maximum atomic E-state index is 13.5. The highest BCUT2D eigenvalue weighted by molar-refractivity contribution is 5.94. The first-order valence-corrected chi connectivity index (χ1v) is 9.26. The second kappa shape index (κ2) is 7.88. The Kier molecular flexibility index (Phi) is 5.14. The van der Waals surface area contributed by atoms with Crippen LogP contribution >= 0.6 is 0 Å². The maximum Gasteiger partial charge on any atom is 0.253 e. The third kappa shape index (κ3) is 3.78. The van der Waals surface area contributed by atoms with Crippen LogP contribution in [0.2, 0.25) is 0 Å². The lowest BCUT2D eigenvalue weighted by atomic mass is 9.96. The van der Waals surface area contributed by atoms with Gasteiger partial charge in [-0.15, -0.1) is 0 Å². The summed E-state index contributed by atoms with van der Waals surface area (Å²) in [6.45, 7) is 1.76. The first kappa shape index (κ1) is 18.3. The lowest BCUT2D eigenvalue weighted by Gasteiger charge is -2.32. The van der Waals surface area contributed by atoms with Gasteiger partial charge in [-0.2, -0.15) is 0 Å². The van der Waals surface area contributed by atoms with Crippen molar-refractivity contribution in [2.24, 2.45) is 0 Å². The molecule has 1 aromatic carbocycles. The molecule has 0 unspecified atom stereocenters. The number of nitrogens with zero attached hydrogens (tertiary/aromatic N) is 4. The Morgan fingerprint density at radius 1 is 1.18 bits per heavy atom. The first-order valence-electron chi connectivity index (χ1n) is 9.26. The molecule has 5 nitrogen and oxygen atoms in total. The molecule has 0 spiro atoms. The lowest BCUT2D eigenvalue weighted by Crippen LogP contribution is -2.39. The zero-order valence-electron chi connectivity index (χ0n) is 15.3. The molecule has 7 heteroatoms. The Bertz CT molecular complexity index is 974. The predicted octanol–water partition coefficient (Wildman–Crippen LogP) is 3.62. The molecule has 0 saturated carbocycles. The Morgan fingerprint density at radius 2 is 2.07 bits per heavy atom. The fraction of sp³-hybridized carbons (Fsp3) is 0.286. The highest BCUT2D eigenvalue weighted by Crippen LogP contribution is 2.27. The number of halogens is 2. The largest absolute Gasteiger partial charge is 0.338 e. The van der Waals surface area contributed by atoms with Gasteiger partial charge in [-0.05, 0) is 42.7 Å². The van der Waals surface area contributed by atoms with E-state index < -0.39 is 11.6 Å². The number of carbonyl (C=O) groups is 1. The molecule has 28 heavy (non-hydrogen) atoms. The number of amides is 1. The SMILES string of the molecule is O=C(c1ccc(F)c(F)c1)N1CCC[C@H](c2nccn2Cc2cccnc2)C1. The van der Waals surface area contributed by atoms with Crippen LogP contribution in [0.3, 0.4) is 0 Å². The standard InChI is InChI=1S/C21H20F2N4O/c22-18-6-5-16(11-19(18)23)21(28)27-9-2-4-17(14-27)20-25-8-10-26(20)13-15-3-1-7-24-12-15/h1,3,5-8,10-12,17H,2,4,9,13-14H2/t17-/m0/s1. The molecule has 1 aliphatic heterocycles. The van der Waals surface area contributed by atoms with Gasteiger partial charge in [0, 0.05) is 49.4 Å². The van der Waals surface area contributed by atoms with Crippen LogP contribution in [0.1, 0.15) is 40.5 Å². The van der Waals surface area contributed by atoms with Crippen LogP contribution in [0.4, 0.5) is 8.78 Å². The summed E-state index contributed by atoms with van der Waals surface area (Å²) >= 11 is 0. The number of benzene rings is 1. The zero-order chi connectivity index (χ0) is 19.5. The molecule has 1 amide bonds. The number of aromatic nitrogens is 3. The number of imidazole rings is 1. The topological polar surface area (TPSA) is 51.0 Å². The van der Waals surface area contributed by atoms with Gasteiger partial charge in [-0.25, -0.2) is 13.8 Å². The molecule has 0 N–H and O–H groups in total. The molecular formula is C21H20F2N4O. The monoisotopic (exact) mass is 382 g/mol. The molecule has 0 radical (unpaired) electrons. The molecule has 144 valence electrons. The first-order chi connectivity index (χ1) is 13.6. The van der Waals surface area contributed by atoms with E-state index in [1.54, 1.807) is 17.3 Å².